The second-order valence-electron chi connectivity index (χ2n) is 6.46. The smallest absolute Gasteiger partial charge is 0.257 e. The Labute approximate surface area is 148 Å². The first-order chi connectivity index (χ1) is 12.0. The van der Waals surface area contributed by atoms with E-state index in [4.69, 9.17) is 4.42 Å². The highest BCUT2D eigenvalue weighted by Crippen LogP contribution is 2.18. The fourth-order valence-electron chi connectivity index (χ4n) is 3.19. The summed E-state index contributed by atoms with van der Waals surface area (Å²) in [7, 11) is 0. The zero-order valence-electron chi connectivity index (χ0n) is 15.0. The van der Waals surface area contributed by atoms with Crippen LogP contribution in [0.15, 0.2) is 34.7 Å². The molecule has 1 fully saturated rings. The second-order valence-corrected chi connectivity index (χ2v) is 6.46. The molecule has 1 aliphatic rings. The number of carbonyl (C=O) groups is 2. The molecule has 0 radical (unpaired) electrons. The van der Waals surface area contributed by atoms with Gasteiger partial charge in [-0.05, 0) is 44.0 Å². The van der Waals surface area contributed by atoms with Gasteiger partial charge in [0.1, 0.15) is 11.5 Å². The molecule has 0 saturated carbocycles. The van der Waals surface area contributed by atoms with Gasteiger partial charge in [-0.1, -0.05) is 19.1 Å². The van der Waals surface area contributed by atoms with E-state index in [0.717, 1.165) is 12.2 Å². The van der Waals surface area contributed by atoms with Gasteiger partial charge in [0.15, 0.2) is 0 Å². The van der Waals surface area contributed by atoms with Crippen LogP contribution in [-0.4, -0.2) is 47.8 Å². The number of benzene rings is 1. The largest absolute Gasteiger partial charge is 0.466 e. The first-order valence-electron chi connectivity index (χ1n) is 8.74. The maximum atomic E-state index is 12.6. The molecule has 1 saturated heterocycles. The Bertz CT molecular complexity index is 769. The molecule has 5 heteroatoms. The van der Waals surface area contributed by atoms with Crippen LogP contribution in [0.25, 0.3) is 0 Å². The summed E-state index contributed by atoms with van der Waals surface area (Å²) in [5.74, 6) is 1.40. The summed E-state index contributed by atoms with van der Waals surface area (Å²) in [6.07, 6.45) is 0.960. The third-order valence-electron chi connectivity index (χ3n) is 4.73. The van der Waals surface area contributed by atoms with Gasteiger partial charge in [-0.2, -0.15) is 0 Å². The van der Waals surface area contributed by atoms with Gasteiger partial charge in [0.25, 0.3) is 11.8 Å². The number of hydrogen-bond acceptors (Lipinski definition) is 3. The number of aryl methyl sites for hydroxylation is 3. The third kappa shape index (κ3) is 3.60. The molecule has 2 heterocycles. The van der Waals surface area contributed by atoms with Gasteiger partial charge in [0.05, 0.1) is 5.56 Å². The monoisotopic (exact) mass is 340 g/mol. The number of nitrogens with zero attached hydrogens (tertiary/aromatic N) is 2. The van der Waals surface area contributed by atoms with E-state index in [-0.39, 0.29) is 11.8 Å². The van der Waals surface area contributed by atoms with Gasteiger partial charge in [-0.15, -0.1) is 0 Å². The van der Waals surface area contributed by atoms with Crippen LogP contribution in [0.4, 0.5) is 0 Å². The molecule has 5 nitrogen and oxygen atoms in total. The number of rotatable bonds is 3. The van der Waals surface area contributed by atoms with Crippen molar-refractivity contribution in [2.24, 2.45) is 0 Å². The number of hydrogen-bond donors (Lipinski definition) is 0. The van der Waals surface area contributed by atoms with Crippen LogP contribution in [-0.2, 0) is 6.42 Å². The van der Waals surface area contributed by atoms with Gasteiger partial charge in [0, 0.05) is 31.7 Å². The van der Waals surface area contributed by atoms with E-state index < -0.39 is 0 Å². The highest BCUT2D eigenvalue weighted by molar-refractivity contribution is 5.96. The van der Waals surface area contributed by atoms with Crippen molar-refractivity contribution in [3.05, 3.63) is 58.5 Å². The normalized spacial score (nSPS) is 14.7. The zero-order chi connectivity index (χ0) is 18.0. The Morgan fingerprint density at radius 2 is 1.52 bits per heavy atom. The minimum Gasteiger partial charge on any atom is -0.466 e. The number of furan rings is 1. The van der Waals surface area contributed by atoms with E-state index in [9.17, 15) is 9.59 Å². The number of amides is 2. The lowest BCUT2D eigenvalue weighted by Crippen LogP contribution is -2.50. The van der Waals surface area contributed by atoms with Gasteiger partial charge in [-0.3, -0.25) is 9.59 Å². The highest BCUT2D eigenvalue weighted by atomic mass is 16.3. The number of carbonyl (C=O) groups excluding carboxylic acids is 2. The summed E-state index contributed by atoms with van der Waals surface area (Å²) in [4.78, 5) is 28.8. The van der Waals surface area contributed by atoms with E-state index in [1.54, 1.807) is 17.9 Å². The van der Waals surface area contributed by atoms with Crippen molar-refractivity contribution in [3.8, 4) is 0 Å². The van der Waals surface area contributed by atoms with Gasteiger partial charge >= 0.3 is 0 Å². The molecule has 25 heavy (non-hydrogen) atoms. The molecule has 0 N–H and O–H groups in total. The lowest BCUT2D eigenvalue weighted by atomic mass is 10.1. The molecule has 2 aromatic rings. The first kappa shape index (κ1) is 17.3. The molecule has 132 valence electrons. The highest BCUT2D eigenvalue weighted by Gasteiger charge is 2.27. The Kier molecular flexibility index (Phi) is 4.93. The van der Waals surface area contributed by atoms with E-state index in [0.29, 0.717) is 43.1 Å². The van der Waals surface area contributed by atoms with Crippen LogP contribution in [0, 0.1) is 13.8 Å². The zero-order valence-corrected chi connectivity index (χ0v) is 15.0. The van der Waals surface area contributed by atoms with E-state index in [1.165, 1.54) is 5.56 Å². The SMILES string of the molecule is CCc1ccc(C(=O)N2CCN(C(=O)c3cc(C)oc3C)CC2)cc1. The average molecular weight is 340 g/mol. The Hall–Kier alpha value is -2.56. The fraction of sp³-hybridized carbons (Fsp3) is 0.400. The summed E-state index contributed by atoms with van der Waals surface area (Å²) >= 11 is 0. The summed E-state index contributed by atoms with van der Waals surface area (Å²) in [6.45, 7) is 7.93. The van der Waals surface area contributed by atoms with E-state index >= 15 is 0 Å². The number of piperazine rings is 1. The molecule has 1 aromatic heterocycles. The van der Waals surface area contributed by atoms with Crippen molar-refractivity contribution in [2.45, 2.75) is 27.2 Å². The molecule has 0 unspecified atom stereocenters. The van der Waals surface area contributed by atoms with Crippen molar-refractivity contribution >= 4 is 11.8 Å². The Morgan fingerprint density at radius 3 is 2.00 bits per heavy atom. The minimum absolute atomic E-state index is 0.0197. The van der Waals surface area contributed by atoms with Crippen LogP contribution in [0.3, 0.4) is 0 Å². The summed E-state index contributed by atoms with van der Waals surface area (Å²) in [5, 5.41) is 0. The molecular formula is C20H24N2O3. The molecule has 0 bridgehead atoms. The predicted octanol–water partition coefficient (Wildman–Crippen LogP) is 3.06. The van der Waals surface area contributed by atoms with Gasteiger partial charge < -0.3 is 14.2 Å². The van der Waals surface area contributed by atoms with Crippen LogP contribution >= 0.6 is 0 Å². The van der Waals surface area contributed by atoms with Gasteiger partial charge in [0.2, 0.25) is 0 Å². The molecule has 0 spiro atoms. The summed E-state index contributed by atoms with van der Waals surface area (Å²) in [6, 6.07) is 9.55. The fourth-order valence-corrected chi connectivity index (χ4v) is 3.19. The van der Waals surface area contributed by atoms with Crippen molar-refractivity contribution < 1.29 is 14.0 Å². The Morgan fingerprint density at radius 1 is 0.960 bits per heavy atom. The molecule has 2 amide bonds. The predicted molar refractivity (Wildman–Crippen MR) is 95.8 cm³/mol. The van der Waals surface area contributed by atoms with Crippen LogP contribution in [0.2, 0.25) is 0 Å². The van der Waals surface area contributed by atoms with E-state index in [1.807, 2.05) is 36.1 Å². The summed E-state index contributed by atoms with van der Waals surface area (Å²) < 4.78 is 5.45. The van der Waals surface area contributed by atoms with Crippen LogP contribution in [0.5, 0.6) is 0 Å². The Balaban J connectivity index is 1.62. The molecule has 1 aliphatic heterocycles. The lowest BCUT2D eigenvalue weighted by Gasteiger charge is -2.34. The lowest BCUT2D eigenvalue weighted by molar-refractivity contribution is 0.0534. The van der Waals surface area contributed by atoms with Crippen molar-refractivity contribution in [1.82, 2.24) is 9.80 Å². The van der Waals surface area contributed by atoms with Crippen molar-refractivity contribution in [3.63, 3.8) is 0 Å². The van der Waals surface area contributed by atoms with Crippen molar-refractivity contribution in [1.29, 1.82) is 0 Å². The third-order valence-corrected chi connectivity index (χ3v) is 4.73. The molecule has 3 rings (SSSR count). The molecular weight excluding hydrogens is 316 g/mol. The van der Waals surface area contributed by atoms with E-state index in [2.05, 4.69) is 6.92 Å². The quantitative estimate of drug-likeness (QED) is 0.863. The van der Waals surface area contributed by atoms with Crippen LogP contribution in [0.1, 0.15) is 44.7 Å². The van der Waals surface area contributed by atoms with Crippen LogP contribution < -0.4 is 0 Å². The standard InChI is InChI=1S/C20H24N2O3/c1-4-16-5-7-17(8-6-16)19(23)21-9-11-22(12-10-21)20(24)18-13-14(2)25-15(18)3/h5-8,13H,4,9-12H2,1-3H3. The average Bonchev–Trinajstić information content (AvgIpc) is 2.99. The second kappa shape index (κ2) is 7.13. The molecule has 0 aliphatic carbocycles. The topological polar surface area (TPSA) is 53.8 Å². The first-order valence-corrected chi connectivity index (χ1v) is 8.74. The molecule has 0 atom stereocenters. The summed E-state index contributed by atoms with van der Waals surface area (Å²) in [5.41, 5.74) is 2.54. The maximum Gasteiger partial charge on any atom is 0.257 e. The van der Waals surface area contributed by atoms with Gasteiger partial charge in [-0.25, -0.2) is 0 Å². The van der Waals surface area contributed by atoms with Crippen molar-refractivity contribution in [2.75, 3.05) is 26.2 Å². The molecule has 1 aromatic carbocycles. The minimum atomic E-state index is -0.0197. The maximum absolute atomic E-state index is 12.6.